The molecule has 0 spiro atoms. The van der Waals surface area contributed by atoms with Gasteiger partial charge in [-0.25, -0.2) is 18.9 Å². The zero-order valence-corrected chi connectivity index (χ0v) is 23.2. The van der Waals surface area contributed by atoms with Gasteiger partial charge in [-0.05, 0) is 43.3 Å². The van der Waals surface area contributed by atoms with Gasteiger partial charge in [0.15, 0.2) is 5.82 Å². The number of ether oxygens (including phenoxy) is 1. The molecule has 0 atom stereocenters. The van der Waals surface area contributed by atoms with Crippen molar-refractivity contribution in [3.63, 3.8) is 0 Å². The van der Waals surface area contributed by atoms with Crippen molar-refractivity contribution in [1.29, 1.82) is 0 Å². The highest BCUT2D eigenvalue weighted by Gasteiger charge is 2.14. The number of nitrogens with one attached hydrogen (secondary N) is 3. The van der Waals surface area contributed by atoms with Crippen molar-refractivity contribution >= 4 is 42.0 Å². The van der Waals surface area contributed by atoms with Gasteiger partial charge in [0.05, 0.1) is 25.2 Å². The number of H-pyrrole nitrogens is 1. The third-order valence-corrected chi connectivity index (χ3v) is 6.47. The Kier molecular flexibility index (Phi) is 11.9. The molecule has 15 heteroatoms. The number of nitrogens with zero attached hydrogens (tertiary/aromatic N) is 4. The molecule has 42 heavy (non-hydrogen) atoms. The first-order chi connectivity index (χ1) is 19.7. The van der Waals surface area contributed by atoms with Crippen molar-refractivity contribution in [3.05, 3.63) is 66.4 Å². The summed E-state index contributed by atoms with van der Waals surface area (Å²) in [5, 5.41) is 13.5. The smallest absolute Gasteiger partial charge is 0.469 e. The predicted octanol–water partition coefficient (Wildman–Crippen LogP) is 4.25. The number of likely N-dealkylation sites (N-methyl/N-ethyl adjacent to an activating group) is 1. The molecule has 0 saturated carbocycles. The number of halogens is 1. The third kappa shape index (κ3) is 10.2. The molecule has 0 radical (unpaired) electrons. The molecule has 2 aromatic heterocycles. The van der Waals surface area contributed by atoms with Crippen molar-refractivity contribution in [1.82, 2.24) is 25.1 Å². The Bertz CT molecular complexity index is 1520. The lowest BCUT2D eigenvalue weighted by atomic mass is 10.2. The van der Waals surface area contributed by atoms with Gasteiger partial charge >= 0.3 is 7.82 Å². The van der Waals surface area contributed by atoms with Crippen LogP contribution in [0.2, 0.25) is 0 Å². The number of phosphoric acid groups is 1. The van der Waals surface area contributed by atoms with E-state index in [4.69, 9.17) is 14.5 Å². The van der Waals surface area contributed by atoms with E-state index in [-0.39, 0.29) is 26.4 Å². The Balaban J connectivity index is 0.00000484. The molecule has 0 saturated heterocycles. The third-order valence-electron chi connectivity index (χ3n) is 5.95. The summed E-state index contributed by atoms with van der Waals surface area (Å²) in [6.45, 7) is 4.16. The van der Waals surface area contributed by atoms with E-state index in [1.807, 2.05) is 24.0 Å². The van der Waals surface area contributed by atoms with Crippen LogP contribution in [0.1, 0.15) is 26.5 Å². The number of hydrogen-bond donors (Lipinski definition) is 5. The number of hydrogen-bond acceptors (Lipinski definition) is 9. The molecule has 4 rings (SSSR count). The summed E-state index contributed by atoms with van der Waals surface area (Å²) in [4.78, 5) is 40.6. The minimum Gasteiger partial charge on any atom is -0.493 e. The maximum atomic E-state index is 13.3. The number of aromatic nitrogens is 4. The topological polar surface area (TPSA) is 175 Å². The predicted molar refractivity (Wildman–Crippen MR) is 157 cm³/mol. The van der Waals surface area contributed by atoms with E-state index in [0.717, 1.165) is 5.39 Å². The lowest BCUT2D eigenvalue weighted by Crippen LogP contribution is -2.29. The maximum Gasteiger partial charge on any atom is 0.469 e. The summed E-state index contributed by atoms with van der Waals surface area (Å²) < 4.78 is 34.5. The monoisotopic (exact) mass is 603 g/mol. The Labute approximate surface area is 242 Å². The van der Waals surface area contributed by atoms with E-state index in [9.17, 15) is 13.8 Å². The zero-order chi connectivity index (χ0) is 29.2. The number of carbonyl (C=O) groups excluding carboxylic acids is 1. The Morgan fingerprint density at radius 3 is 2.71 bits per heavy atom. The van der Waals surface area contributed by atoms with Gasteiger partial charge in [-0.1, -0.05) is 20.4 Å². The minimum atomic E-state index is -4.46. The van der Waals surface area contributed by atoms with Crippen molar-refractivity contribution in [2.75, 3.05) is 43.5 Å². The highest BCUT2D eigenvalue weighted by Crippen LogP contribution is 2.35. The molecule has 226 valence electrons. The van der Waals surface area contributed by atoms with Gasteiger partial charge in [0, 0.05) is 42.0 Å². The molecule has 2 heterocycles. The fourth-order valence-electron chi connectivity index (χ4n) is 4.00. The number of carbonyl (C=O) groups is 1. The Morgan fingerprint density at radius 1 is 1.12 bits per heavy atom. The second-order valence-electron chi connectivity index (χ2n) is 9.00. The van der Waals surface area contributed by atoms with E-state index in [0.29, 0.717) is 66.9 Å². The number of phosphoric ester groups is 1. The second-order valence-corrected chi connectivity index (χ2v) is 10.2. The SMILES string of the molecule is C.CCN(CCCOc1ccc2c(Nc3cc(CC(=O)Nc4cccc(F)c4)[nH]n3)ncnc2c1)CCOP(=O)(O)O. The van der Waals surface area contributed by atoms with E-state index in [2.05, 4.69) is 35.3 Å². The molecule has 13 nitrogen and oxygen atoms in total. The molecule has 0 bridgehead atoms. The van der Waals surface area contributed by atoms with Crippen LogP contribution in [-0.2, 0) is 20.3 Å². The summed E-state index contributed by atoms with van der Waals surface area (Å²) in [7, 11) is -4.46. The first-order valence-corrected chi connectivity index (χ1v) is 14.4. The number of fused-ring (bicyclic) bond motifs is 1. The standard InChI is InChI=1S/C26H31FN7O6P.CH4/c1-2-34(10-12-40-41(36,37)38)9-4-11-39-21-7-8-22-23(16-21)28-17-29-26(22)31-24-14-20(32-33-24)15-25(35)30-19-6-3-5-18(27)13-19;/h3,5-8,13-14,16-17H,2,4,9-12,15H2,1H3,(H,30,35)(H2,36,37,38)(H2,28,29,31,32,33);1H4. The van der Waals surface area contributed by atoms with Crippen LogP contribution in [0.15, 0.2) is 54.9 Å². The second kappa shape index (κ2) is 15.3. The fourth-order valence-corrected chi connectivity index (χ4v) is 4.32. The van der Waals surface area contributed by atoms with Gasteiger partial charge < -0.3 is 30.1 Å². The number of amides is 1. The van der Waals surface area contributed by atoms with Crippen LogP contribution in [0.5, 0.6) is 5.75 Å². The molecular weight excluding hydrogens is 568 g/mol. The highest BCUT2D eigenvalue weighted by molar-refractivity contribution is 7.46. The lowest BCUT2D eigenvalue weighted by molar-refractivity contribution is -0.115. The van der Waals surface area contributed by atoms with E-state index in [1.165, 1.54) is 24.5 Å². The molecular formula is C27H35FN7O6P. The summed E-state index contributed by atoms with van der Waals surface area (Å²) in [6.07, 6.45) is 2.15. The van der Waals surface area contributed by atoms with Gasteiger partial charge in [0.1, 0.15) is 23.7 Å². The molecule has 1 amide bonds. The van der Waals surface area contributed by atoms with Gasteiger partial charge in [-0.15, -0.1) is 0 Å². The normalized spacial score (nSPS) is 11.4. The number of aromatic amines is 1. The molecule has 0 aliphatic carbocycles. The average molecular weight is 604 g/mol. The Hall–Kier alpha value is -3.94. The van der Waals surface area contributed by atoms with Crippen molar-refractivity contribution in [2.45, 2.75) is 27.2 Å². The summed E-state index contributed by atoms with van der Waals surface area (Å²) >= 11 is 0. The van der Waals surface area contributed by atoms with Crippen molar-refractivity contribution < 1.29 is 32.8 Å². The zero-order valence-electron chi connectivity index (χ0n) is 22.3. The van der Waals surface area contributed by atoms with Crippen LogP contribution in [-0.4, -0.2) is 73.6 Å². The van der Waals surface area contributed by atoms with E-state index in [1.54, 1.807) is 18.2 Å². The average Bonchev–Trinajstić information content (AvgIpc) is 3.35. The molecule has 4 aromatic rings. The summed E-state index contributed by atoms with van der Waals surface area (Å²) in [6, 6.07) is 12.8. The van der Waals surface area contributed by atoms with Gasteiger partial charge in [-0.2, -0.15) is 5.10 Å². The molecule has 5 N–H and O–H groups in total. The molecule has 0 aliphatic rings. The van der Waals surface area contributed by atoms with Crippen LogP contribution >= 0.6 is 7.82 Å². The number of benzene rings is 2. The number of anilines is 3. The first kappa shape index (κ1) is 32.6. The summed E-state index contributed by atoms with van der Waals surface area (Å²) in [5.74, 6) is 0.880. The molecule has 0 aliphatic heterocycles. The van der Waals surface area contributed by atoms with Gasteiger partial charge in [-0.3, -0.25) is 14.4 Å². The first-order valence-electron chi connectivity index (χ1n) is 12.9. The molecule has 0 unspecified atom stereocenters. The van der Waals surface area contributed by atoms with Crippen molar-refractivity contribution in [3.8, 4) is 5.75 Å². The maximum absolute atomic E-state index is 13.3. The number of rotatable bonds is 15. The highest BCUT2D eigenvalue weighted by atomic mass is 31.2. The fraction of sp³-hybridized carbons (Fsp3) is 0.333. The van der Waals surface area contributed by atoms with E-state index < -0.39 is 13.6 Å². The quantitative estimate of drug-likeness (QED) is 0.0970. The van der Waals surface area contributed by atoms with E-state index >= 15 is 0 Å². The van der Waals surface area contributed by atoms with Gasteiger partial charge in [0.25, 0.3) is 0 Å². The lowest BCUT2D eigenvalue weighted by Gasteiger charge is -2.20. The largest absolute Gasteiger partial charge is 0.493 e. The van der Waals surface area contributed by atoms with Crippen LogP contribution in [0.25, 0.3) is 10.9 Å². The minimum absolute atomic E-state index is 0. The summed E-state index contributed by atoms with van der Waals surface area (Å²) in [5.41, 5.74) is 1.60. The molecule has 0 fully saturated rings. The van der Waals surface area contributed by atoms with Gasteiger partial charge in [0.2, 0.25) is 5.91 Å². The van der Waals surface area contributed by atoms with Crippen LogP contribution in [0, 0.1) is 5.82 Å². The Morgan fingerprint density at radius 2 is 1.95 bits per heavy atom. The van der Waals surface area contributed by atoms with Crippen LogP contribution in [0.4, 0.5) is 21.7 Å². The van der Waals surface area contributed by atoms with Crippen molar-refractivity contribution in [2.24, 2.45) is 0 Å². The van der Waals surface area contributed by atoms with Crippen LogP contribution < -0.4 is 15.4 Å². The molecule has 2 aromatic carbocycles. The van der Waals surface area contributed by atoms with Crippen LogP contribution in [0.3, 0.4) is 0 Å².